The molecule has 0 N–H and O–H groups in total. The molecule has 0 saturated carbocycles. The van der Waals surface area contributed by atoms with Gasteiger partial charge >= 0.3 is 29.6 Å². The second-order valence-electron chi connectivity index (χ2n) is 5.27. The molecule has 0 unspecified atom stereocenters. The van der Waals surface area contributed by atoms with E-state index in [0.717, 1.165) is 31.1 Å². The Morgan fingerprint density at radius 3 is 2.18 bits per heavy atom. The maximum Gasteiger partial charge on any atom is 1.00 e. The zero-order chi connectivity index (χ0) is 15.8. The number of carbonyl (C=O) groups excluding carboxylic acids is 1. The molecule has 0 atom stereocenters. The van der Waals surface area contributed by atoms with Crippen LogP contribution in [0.2, 0.25) is 0 Å². The first-order valence-electron chi connectivity index (χ1n) is 7.13. The summed E-state index contributed by atoms with van der Waals surface area (Å²) in [5.41, 5.74) is 1.95. The Labute approximate surface area is 158 Å². The molecule has 0 aliphatic carbocycles. The van der Waals surface area contributed by atoms with Crippen molar-refractivity contribution in [3.63, 3.8) is 0 Å². The summed E-state index contributed by atoms with van der Waals surface area (Å²) in [7, 11) is 0. The molecule has 2 heterocycles. The fraction of sp³-hybridized carbons (Fsp3) is 0.688. The van der Waals surface area contributed by atoms with Crippen molar-refractivity contribution in [3.05, 3.63) is 18.7 Å². The van der Waals surface area contributed by atoms with E-state index in [1.807, 2.05) is 46.2 Å². The molecule has 0 spiro atoms. The van der Waals surface area contributed by atoms with Gasteiger partial charge in [-0.05, 0) is 34.6 Å². The van der Waals surface area contributed by atoms with E-state index < -0.39 is 0 Å². The summed E-state index contributed by atoms with van der Waals surface area (Å²) in [4.78, 5) is 9.60. The third-order valence-electron chi connectivity index (χ3n) is 2.52. The van der Waals surface area contributed by atoms with Gasteiger partial charge in [-0.25, -0.2) is 4.68 Å². The Morgan fingerprint density at radius 2 is 1.82 bits per heavy atom. The average Bonchev–Trinajstić information content (AvgIpc) is 2.68. The zero-order valence-corrected chi connectivity index (χ0v) is 17.8. The van der Waals surface area contributed by atoms with Gasteiger partial charge < -0.3 is 16.9 Å². The second kappa shape index (κ2) is 13.0. The number of hydrogen-bond acceptors (Lipinski definition) is 4. The molecule has 0 saturated heterocycles. The minimum absolute atomic E-state index is 0. The molecule has 6 heteroatoms. The molecule has 0 amide bonds. The molecule has 124 valence electrons. The first kappa shape index (κ1) is 26.4. The van der Waals surface area contributed by atoms with Gasteiger partial charge in [0, 0.05) is 18.5 Å². The maximum atomic E-state index is 9.60. The van der Waals surface area contributed by atoms with Crippen LogP contribution in [0.4, 0.5) is 0 Å². The molecular weight excluding hydrogens is 291 g/mol. The van der Waals surface area contributed by atoms with Gasteiger partial charge in [-0.3, -0.25) is 4.79 Å². The number of rotatable bonds is 1. The third-order valence-corrected chi connectivity index (χ3v) is 2.52. The van der Waals surface area contributed by atoms with Gasteiger partial charge in [-0.2, -0.15) is 5.10 Å². The van der Waals surface area contributed by atoms with Crippen LogP contribution in [0.3, 0.4) is 0 Å². The number of ether oxygens (including phenoxy) is 2. The third kappa shape index (κ3) is 9.49. The van der Waals surface area contributed by atoms with E-state index in [1.165, 1.54) is 5.56 Å². The molecule has 1 aliphatic rings. The van der Waals surface area contributed by atoms with Crippen LogP contribution in [0.1, 0.15) is 52.3 Å². The van der Waals surface area contributed by atoms with Gasteiger partial charge in [0.15, 0.2) is 0 Å². The second-order valence-corrected chi connectivity index (χ2v) is 5.27. The van der Waals surface area contributed by atoms with Crippen LogP contribution in [0.5, 0.6) is 5.88 Å². The minimum Gasteiger partial charge on any atom is -0.478 e. The van der Waals surface area contributed by atoms with Crippen LogP contribution in [0, 0.1) is 21.3 Å². The molecule has 0 bridgehead atoms. The summed E-state index contributed by atoms with van der Waals surface area (Å²) >= 11 is 0. The summed E-state index contributed by atoms with van der Waals surface area (Å²) in [6, 6.07) is 0. The van der Waals surface area contributed by atoms with Crippen LogP contribution in [0.15, 0.2) is 0 Å². The van der Waals surface area contributed by atoms with Crippen molar-refractivity contribution in [1.82, 2.24) is 9.78 Å². The van der Waals surface area contributed by atoms with Crippen molar-refractivity contribution in [2.24, 2.45) is 0 Å². The smallest absolute Gasteiger partial charge is 0.478 e. The van der Waals surface area contributed by atoms with E-state index in [4.69, 9.17) is 4.74 Å². The number of aromatic nitrogens is 2. The summed E-state index contributed by atoms with van der Waals surface area (Å²) in [5, 5.41) is 4.34. The summed E-state index contributed by atoms with van der Waals surface area (Å²) in [6.45, 7) is 15.8. The van der Waals surface area contributed by atoms with E-state index in [1.54, 1.807) is 0 Å². The van der Waals surface area contributed by atoms with Crippen molar-refractivity contribution in [1.29, 1.82) is 0 Å². The first-order valence-corrected chi connectivity index (χ1v) is 7.13. The van der Waals surface area contributed by atoms with E-state index in [9.17, 15) is 4.79 Å². The fourth-order valence-corrected chi connectivity index (χ4v) is 1.51. The molecule has 1 aromatic heterocycles. The average molecular weight is 322 g/mol. The van der Waals surface area contributed by atoms with Crippen LogP contribution in [0.25, 0.3) is 0 Å². The van der Waals surface area contributed by atoms with Crippen molar-refractivity contribution >= 4 is 6.47 Å². The molecule has 5 nitrogen and oxygen atoms in total. The molecule has 2 rings (SSSR count). The molecule has 0 radical (unpaired) electrons. The van der Waals surface area contributed by atoms with Crippen molar-refractivity contribution < 1.29 is 43.8 Å². The van der Waals surface area contributed by atoms with Gasteiger partial charge in [0.25, 0.3) is 6.47 Å². The predicted octanol–water partition coefficient (Wildman–Crippen LogP) is 0.721. The van der Waals surface area contributed by atoms with Crippen LogP contribution in [-0.4, -0.2) is 28.5 Å². The van der Waals surface area contributed by atoms with Crippen LogP contribution < -0.4 is 34.3 Å². The molecular formula is C16H31N2NaO3. The van der Waals surface area contributed by atoms with E-state index in [0.29, 0.717) is 6.47 Å². The number of hydrogen-bond donors (Lipinski definition) is 0. The van der Waals surface area contributed by atoms with Crippen molar-refractivity contribution in [2.75, 3.05) is 6.61 Å². The van der Waals surface area contributed by atoms with Crippen molar-refractivity contribution in [2.45, 2.75) is 67.0 Å². The standard InChI is InChI=1S/C8H12N2O.C5H10O2.C2H6.CH3.Na/c1-6-7(2)9-10-4-3-5-11-8(6)10;1-5(2,3)7-4-6;1-2;;/h3-5H2,1-2H3;4H,1-3H3;1-2H3;1H3;/q;;;-1;+1. The van der Waals surface area contributed by atoms with Crippen LogP contribution in [-0.2, 0) is 16.1 Å². The quantitative estimate of drug-likeness (QED) is 0.434. The normalized spacial score (nSPS) is 11.6. The maximum absolute atomic E-state index is 9.60. The Morgan fingerprint density at radius 1 is 1.27 bits per heavy atom. The Hall–Kier alpha value is -0.520. The first-order chi connectivity index (χ1) is 9.35. The predicted molar refractivity (Wildman–Crippen MR) is 86.5 cm³/mol. The Kier molecular flexibility index (Phi) is 15.6. The molecule has 0 aromatic carbocycles. The molecule has 22 heavy (non-hydrogen) atoms. The van der Waals surface area contributed by atoms with Gasteiger partial charge in [0.05, 0.1) is 12.3 Å². The van der Waals surface area contributed by atoms with Crippen molar-refractivity contribution in [3.8, 4) is 5.88 Å². The monoisotopic (exact) mass is 322 g/mol. The fourth-order valence-electron chi connectivity index (χ4n) is 1.51. The Bertz CT molecular complexity index is 412. The number of aryl methyl sites for hydroxylation is 2. The number of nitrogens with zero attached hydrogens (tertiary/aromatic N) is 2. The van der Waals surface area contributed by atoms with Gasteiger partial charge in [-0.1, -0.05) is 13.8 Å². The van der Waals surface area contributed by atoms with E-state index in [-0.39, 0.29) is 42.6 Å². The van der Waals surface area contributed by atoms with Gasteiger partial charge in [-0.15, -0.1) is 0 Å². The minimum atomic E-state index is -0.318. The van der Waals surface area contributed by atoms with Crippen LogP contribution >= 0.6 is 0 Å². The SMILES string of the molecule is CC.CC(C)(C)OC=O.Cc1nn2c(c1C)OCCC2.[CH3-].[Na+]. The summed E-state index contributed by atoms with van der Waals surface area (Å²) < 4.78 is 12.0. The largest absolute Gasteiger partial charge is 1.00 e. The van der Waals surface area contributed by atoms with E-state index in [2.05, 4.69) is 16.8 Å². The van der Waals surface area contributed by atoms with Gasteiger partial charge in [0.2, 0.25) is 5.88 Å². The molecule has 1 aromatic rings. The molecule has 1 aliphatic heterocycles. The van der Waals surface area contributed by atoms with E-state index >= 15 is 0 Å². The Balaban J connectivity index is -0.000000293. The van der Waals surface area contributed by atoms with Gasteiger partial charge in [0.1, 0.15) is 5.60 Å². The number of carbonyl (C=O) groups is 1. The topological polar surface area (TPSA) is 53.3 Å². The summed E-state index contributed by atoms with van der Waals surface area (Å²) in [5.74, 6) is 0.966. The molecule has 0 fully saturated rings. The zero-order valence-electron chi connectivity index (χ0n) is 15.8. The summed E-state index contributed by atoms with van der Waals surface area (Å²) in [6.07, 6.45) is 1.08. The number of fused-ring (bicyclic) bond motifs is 1.